The zero-order valence-electron chi connectivity index (χ0n) is 18.9. The van der Waals surface area contributed by atoms with Gasteiger partial charge in [0.25, 0.3) is 0 Å². The standard InChI is InChI=1S/C25H34N6/c1-4-5-16-26-25(28-19-24-30-29-20(2)31(24)3)27-18-23(22-14-10-7-11-15-22)17-21-12-8-6-9-13-21/h6-15,23H,4-5,16-19H2,1-3H3,(H2,26,27,28). The number of hydrogen-bond acceptors (Lipinski definition) is 3. The molecule has 0 amide bonds. The first kappa shape index (κ1) is 22.5. The molecular formula is C25H34N6. The Morgan fingerprint density at radius 3 is 2.35 bits per heavy atom. The first-order valence-electron chi connectivity index (χ1n) is 11.1. The van der Waals surface area contributed by atoms with E-state index in [-0.39, 0.29) is 0 Å². The number of aromatic nitrogens is 3. The maximum absolute atomic E-state index is 4.78. The second-order valence-corrected chi connectivity index (χ2v) is 7.85. The van der Waals surface area contributed by atoms with Crippen LogP contribution in [0, 0.1) is 6.92 Å². The summed E-state index contributed by atoms with van der Waals surface area (Å²) in [6, 6.07) is 21.4. The highest BCUT2D eigenvalue weighted by molar-refractivity contribution is 5.79. The minimum atomic E-state index is 0.346. The van der Waals surface area contributed by atoms with Crippen LogP contribution in [0.15, 0.2) is 65.7 Å². The number of unbranched alkanes of at least 4 members (excludes halogenated alkanes) is 1. The summed E-state index contributed by atoms with van der Waals surface area (Å²) in [4.78, 5) is 4.78. The molecule has 0 saturated heterocycles. The Kier molecular flexibility index (Phi) is 8.64. The number of benzene rings is 2. The van der Waals surface area contributed by atoms with Gasteiger partial charge in [0.2, 0.25) is 0 Å². The molecule has 2 N–H and O–H groups in total. The molecule has 0 radical (unpaired) electrons. The molecule has 0 saturated carbocycles. The van der Waals surface area contributed by atoms with Crippen LogP contribution in [-0.4, -0.2) is 33.8 Å². The van der Waals surface area contributed by atoms with Crippen molar-refractivity contribution in [2.45, 2.75) is 45.6 Å². The molecule has 1 atom stereocenters. The summed E-state index contributed by atoms with van der Waals surface area (Å²) in [5.41, 5.74) is 2.67. The van der Waals surface area contributed by atoms with Crippen molar-refractivity contribution >= 4 is 5.96 Å². The number of hydrogen-bond donors (Lipinski definition) is 2. The minimum absolute atomic E-state index is 0.346. The Morgan fingerprint density at radius 1 is 1.00 bits per heavy atom. The molecule has 3 rings (SSSR count). The van der Waals surface area contributed by atoms with Crippen LogP contribution in [-0.2, 0) is 20.0 Å². The summed E-state index contributed by atoms with van der Waals surface area (Å²) in [6.07, 6.45) is 3.22. The maximum Gasteiger partial charge on any atom is 0.191 e. The molecular weight excluding hydrogens is 384 g/mol. The molecule has 1 heterocycles. The van der Waals surface area contributed by atoms with E-state index in [1.165, 1.54) is 11.1 Å². The highest BCUT2D eigenvalue weighted by atomic mass is 15.3. The fourth-order valence-electron chi connectivity index (χ4n) is 3.45. The van der Waals surface area contributed by atoms with Crippen molar-refractivity contribution in [2.24, 2.45) is 12.0 Å². The van der Waals surface area contributed by atoms with Crippen LogP contribution in [0.4, 0.5) is 0 Å². The van der Waals surface area contributed by atoms with Crippen molar-refractivity contribution in [2.75, 3.05) is 13.1 Å². The van der Waals surface area contributed by atoms with Gasteiger partial charge in [-0.1, -0.05) is 74.0 Å². The molecule has 0 spiro atoms. The summed E-state index contributed by atoms with van der Waals surface area (Å²) in [5, 5.41) is 15.4. The van der Waals surface area contributed by atoms with Gasteiger partial charge < -0.3 is 15.2 Å². The Morgan fingerprint density at radius 2 is 1.71 bits per heavy atom. The van der Waals surface area contributed by atoms with E-state index < -0.39 is 0 Å². The van der Waals surface area contributed by atoms with Crippen LogP contribution in [0.5, 0.6) is 0 Å². The average Bonchev–Trinajstić information content (AvgIpc) is 3.13. The SMILES string of the molecule is CCCCNC(=NCc1nnc(C)n1C)NCC(Cc1ccccc1)c1ccccc1. The van der Waals surface area contributed by atoms with Crippen LogP contribution in [0.25, 0.3) is 0 Å². The van der Waals surface area contributed by atoms with E-state index in [0.29, 0.717) is 12.5 Å². The summed E-state index contributed by atoms with van der Waals surface area (Å²) in [5.74, 6) is 2.92. The molecule has 6 heteroatoms. The third-order valence-electron chi connectivity index (χ3n) is 5.50. The number of aryl methyl sites for hydroxylation is 1. The molecule has 0 aliphatic carbocycles. The molecule has 31 heavy (non-hydrogen) atoms. The smallest absolute Gasteiger partial charge is 0.191 e. The largest absolute Gasteiger partial charge is 0.356 e. The molecule has 0 fully saturated rings. The molecule has 2 aromatic carbocycles. The predicted molar refractivity (Wildman–Crippen MR) is 127 cm³/mol. The van der Waals surface area contributed by atoms with Gasteiger partial charge in [0.05, 0.1) is 0 Å². The van der Waals surface area contributed by atoms with Crippen molar-refractivity contribution in [1.29, 1.82) is 0 Å². The highest BCUT2D eigenvalue weighted by Crippen LogP contribution is 2.20. The average molecular weight is 419 g/mol. The van der Waals surface area contributed by atoms with Gasteiger partial charge in [0.15, 0.2) is 11.8 Å². The van der Waals surface area contributed by atoms with Crippen LogP contribution < -0.4 is 10.6 Å². The lowest BCUT2D eigenvalue weighted by Crippen LogP contribution is -2.40. The van der Waals surface area contributed by atoms with E-state index in [4.69, 9.17) is 4.99 Å². The number of nitrogens with one attached hydrogen (secondary N) is 2. The Bertz CT molecular complexity index is 933. The van der Waals surface area contributed by atoms with Crippen LogP contribution in [0.1, 0.15) is 48.5 Å². The predicted octanol–water partition coefficient (Wildman–Crippen LogP) is 3.99. The van der Waals surface area contributed by atoms with Gasteiger partial charge in [-0.2, -0.15) is 0 Å². The summed E-state index contributed by atoms with van der Waals surface area (Å²) in [7, 11) is 1.98. The number of rotatable bonds is 10. The first-order valence-corrected chi connectivity index (χ1v) is 11.1. The summed E-state index contributed by atoms with van der Waals surface area (Å²) < 4.78 is 1.98. The molecule has 3 aromatic rings. The van der Waals surface area contributed by atoms with E-state index in [1.807, 2.05) is 18.5 Å². The van der Waals surface area contributed by atoms with Crippen LogP contribution in [0.2, 0.25) is 0 Å². The molecule has 1 unspecified atom stereocenters. The fourth-order valence-corrected chi connectivity index (χ4v) is 3.45. The van der Waals surface area contributed by atoms with Gasteiger partial charge in [-0.15, -0.1) is 10.2 Å². The van der Waals surface area contributed by atoms with Gasteiger partial charge in [-0.25, -0.2) is 4.99 Å². The molecule has 1 aromatic heterocycles. The lowest BCUT2D eigenvalue weighted by Gasteiger charge is -2.20. The van der Waals surface area contributed by atoms with Crippen molar-refractivity contribution < 1.29 is 0 Å². The second-order valence-electron chi connectivity index (χ2n) is 7.85. The third kappa shape index (κ3) is 6.95. The number of guanidine groups is 1. The molecule has 164 valence electrons. The van der Waals surface area contributed by atoms with Gasteiger partial charge in [-0.3, -0.25) is 0 Å². The number of nitrogens with zero attached hydrogens (tertiary/aromatic N) is 4. The molecule has 0 bridgehead atoms. The Balaban J connectivity index is 1.72. The number of aliphatic imine (C=N–C) groups is 1. The molecule has 0 aliphatic heterocycles. The zero-order valence-corrected chi connectivity index (χ0v) is 18.9. The summed E-state index contributed by atoms with van der Waals surface area (Å²) in [6.45, 7) is 6.34. The third-order valence-corrected chi connectivity index (χ3v) is 5.50. The van der Waals surface area contributed by atoms with Crippen molar-refractivity contribution in [1.82, 2.24) is 25.4 Å². The lowest BCUT2D eigenvalue weighted by atomic mass is 9.92. The normalized spacial score (nSPS) is 12.5. The molecule has 0 aliphatic rings. The van der Waals surface area contributed by atoms with E-state index in [1.54, 1.807) is 0 Å². The molecule has 6 nitrogen and oxygen atoms in total. The van der Waals surface area contributed by atoms with Gasteiger partial charge in [0.1, 0.15) is 12.4 Å². The monoisotopic (exact) mass is 418 g/mol. The topological polar surface area (TPSA) is 67.1 Å². The quantitative estimate of drug-likeness (QED) is 0.297. The van der Waals surface area contributed by atoms with E-state index >= 15 is 0 Å². The van der Waals surface area contributed by atoms with Crippen LogP contribution in [0.3, 0.4) is 0 Å². The van der Waals surface area contributed by atoms with Gasteiger partial charge in [-0.05, 0) is 30.9 Å². The van der Waals surface area contributed by atoms with Crippen LogP contribution >= 0.6 is 0 Å². The first-order chi connectivity index (χ1) is 15.2. The van der Waals surface area contributed by atoms with Gasteiger partial charge in [0, 0.05) is 26.1 Å². The van der Waals surface area contributed by atoms with E-state index in [2.05, 4.69) is 88.4 Å². The van der Waals surface area contributed by atoms with Crippen molar-refractivity contribution in [3.05, 3.63) is 83.4 Å². The van der Waals surface area contributed by atoms with Gasteiger partial charge >= 0.3 is 0 Å². The minimum Gasteiger partial charge on any atom is -0.356 e. The van der Waals surface area contributed by atoms with Crippen molar-refractivity contribution in [3.63, 3.8) is 0 Å². The second kappa shape index (κ2) is 11.9. The van der Waals surface area contributed by atoms with E-state index in [9.17, 15) is 0 Å². The van der Waals surface area contributed by atoms with E-state index in [0.717, 1.165) is 50.0 Å². The Hall–Kier alpha value is -3.15. The Labute approximate surface area is 185 Å². The maximum atomic E-state index is 4.78. The fraction of sp³-hybridized carbons (Fsp3) is 0.400. The zero-order chi connectivity index (χ0) is 21.9. The van der Waals surface area contributed by atoms with Crippen molar-refractivity contribution in [3.8, 4) is 0 Å². The summed E-state index contributed by atoms with van der Waals surface area (Å²) >= 11 is 0. The lowest BCUT2D eigenvalue weighted by molar-refractivity contribution is 0.637. The highest BCUT2D eigenvalue weighted by Gasteiger charge is 2.14.